The molecular weight excluding hydrogens is 445 g/mol. The van der Waals surface area contributed by atoms with E-state index in [1.165, 1.54) is 23.1 Å². The summed E-state index contributed by atoms with van der Waals surface area (Å²) in [5.74, 6) is -2.17. The average Bonchev–Trinajstić information content (AvgIpc) is 3.36. The van der Waals surface area contributed by atoms with Crippen LogP contribution in [0.15, 0.2) is 18.2 Å². The Kier molecular flexibility index (Phi) is 5.96. The number of nitrogens with zero attached hydrogens (tertiary/aromatic N) is 2. The lowest BCUT2D eigenvalue weighted by molar-refractivity contribution is -0.168. The fourth-order valence-electron chi connectivity index (χ4n) is 3.90. The first-order chi connectivity index (χ1) is 16.1. The molecule has 10 nitrogen and oxygen atoms in total. The molecule has 4 amide bonds. The van der Waals surface area contributed by atoms with Crippen LogP contribution >= 0.6 is 0 Å². The maximum Gasteiger partial charge on any atom is 0.271 e. The summed E-state index contributed by atoms with van der Waals surface area (Å²) in [5.41, 5.74) is 3.14. The van der Waals surface area contributed by atoms with Crippen molar-refractivity contribution in [1.82, 2.24) is 20.3 Å². The molecule has 0 spiro atoms. The number of anilines is 1. The van der Waals surface area contributed by atoms with Crippen LogP contribution in [0.5, 0.6) is 0 Å². The number of carbonyl (C=O) groups excluding carboxylic acids is 4. The van der Waals surface area contributed by atoms with Crippen molar-refractivity contribution >= 4 is 41.0 Å². The lowest BCUT2D eigenvalue weighted by atomic mass is 10.0. The second kappa shape index (κ2) is 8.75. The summed E-state index contributed by atoms with van der Waals surface area (Å²) in [7, 11) is 3.13. The summed E-state index contributed by atoms with van der Waals surface area (Å²) in [4.78, 5) is 59.5. The molecule has 1 fully saturated rings. The van der Waals surface area contributed by atoms with Gasteiger partial charge in [-0.05, 0) is 43.7 Å². The number of hydroxylamine groups is 2. The van der Waals surface area contributed by atoms with E-state index in [0.717, 1.165) is 5.06 Å². The number of amides is 4. The normalized spacial score (nSPS) is 18.3. The van der Waals surface area contributed by atoms with Gasteiger partial charge in [0.25, 0.3) is 17.7 Å². The second-order valence-corrected chi connectivity index (χ2v) is 8.35. The van der Waals surface area contributed by atoms with Crippen LogP contribution in [0, 0.1) is 19.7 Å². The molecular formula is C23H24FN5O5. The Bertz CT molecular complexity index is 1250. The molecule has 4 rings (SSSR count). The Morgan fingerprint density at radius 3 is 2.74 bits per heavy atom. The van der Waals surface area contributed by atoms with Crippen molar-refractivity contribution in [3.8, 4) is 0 Å². The first kappa shape index (κ1) is 23.2. The summed E-state index contributed by atoms with van der Waals surface area (Å²) in [6, 6.07) is 3.09. The molecule has 0 saturated carbocycles. The highest BCUT2D eigenvalue weighted by atomic mass is 19.1. The van der Waals surface area contributed by atoms with Crippen LogP contribution in [0.25, 0.3) is 11.6 Å². The van der Waals surface area contributed by atoms with Crippen molar-refractivity contribution in [1.29, 1.82) is 0 Å². The van der Waals surface area contributed by atoms with Gasteiger partial charge in [0.05, 0.1) is 11.1 Å². The van der Waals surface area contributed by atoms with Gasteiger partial charge in [0, 0.05) is 36.7 Å². The Hall–Kier alpha value is -3.99. The number of hydrogen-bond acceptors (Lipinski definition) is 5. The largest absolute Gasteiger partial charge is 0.358 e. The molecule has 11 heteroatoms. The maximum atomic E-state index is 13.7. The molecule has 0 aliphatic carbocycles. The zero-order valence-corrected chi connectivity index (χ0v) is 19.1. The predicted octanol–water partition coefficient (Wildman–Crippen LogP) is 1.22. The highest BCUT2D eigenvalue weighted by molar-refractivity contribution is 6.34. The van der Waals surface area contributed by atoms with Gasteiger partial charge >= 0.3 is 0 Å². The number of fused-ring (bicyclic) bond motifs is 1. The Morgan fingerprint density at radius 2 is 2.03 bits per heavy atom. The molecule has 178 valence electrons. The van der Waals surface area contributed by atoms with Crippen molar-refractivity contribution in [2.24, 2.45) is 0 Å². The molecule has 0 unspecified atom stereocenters. The van der Waals surface area contributed by atoms with Gasteiger partial charge in [-0.25, -0.2) is 9.45 Å². The van der Waals surface area contributed by atoms with Crippen molar-refractivity contribution in [3.05, 3.63) is 52.1 Å². The van der Waals surface area contributed by atoms with E-state index >= 15 is 0 Å². The van der Waals surface area contributed by atoms with E-state index in [-0.39, 0.29) is 30.5 Å². The summed E-state index contributed by atoms with van der Waals surface area (Å²) < 4.78 is 13.7. The molecule has 1 aromatic carbocycles. The molecule has 0 radical (unpaired) electrons. The van der Waals surface area contributed by atoms with Gasteiger partial charge in [0.1, 0.15) is 25.0 Å². The summed E-state index contributed by atoms with van der Waals surface area (Å²) in [6.45, 7) is 3.07. The number of H-pyrrole nitrogens is 1. The molecule has 1 aromatic heterocycles. The van der Waals surface area contributed by atoms with Crippen molar-refractivity contribution < 1.29 is 28.4 Å². The molecule has 1 atom stereocenters. The van der Waals surface area contributed by atoms with Crippen molar-refractivity contribution in [2.45, 2.75) is 19.9 Å². The number of aromatic nitrogens is 1. The SMILES string of the molecule is Cc1[nH]c(C=C2C(=O)Nc3ccc(F)cc32)c(C)c1C(=O)N[C@@H]1CON(CC(=O)N(C)C)C1=O. The fourth-order valence-corrected chi connectivity index (χ4v) is 3.90. The van der Waals surface area contributed by atoms with Gasteiger partial charge in [0.15, 0.2) is 0 Å². The first-order valence-electron chi connectivity index (χ1n) is 10.5. The Balaban J connectivity index is 1.54. The highest BCUT2D eigenvalue weighted by Gasteiger charge is 2.36. The number of likely N-dealkylation sites (N-methyl/N-ethyl adjacent to an activating group) is 1. The summed E-state index contributed by atoms with van der Waals surface area (Å²) in [6.07, 6.45) is 1.57. The topological polar surface area (TPSA) is 124 Å². The van der Waals surface area contributed by atoms with Gasteiger partial charge in [0.2, 0.25) is 5.91 Å². The third-order valence-corrected chi connectivity index (χ3v) is 5.78. The summed E-state index contributed by atoms with van der Waals surface area (Å²) >= 11 is 0. The maximum absolute atomic E-state index is 13.7. The van der Waals surface area contributed by atoms with Crippen LogP contribution in [-0.4, -0.2) is 71.9 Å². The van der Waals surface area contributed by atoms with Gasteiger partial charge in [-0.2, -0.15) is 0 Å². The van der Waals surface area contributed by atoms with E-state index in [4.69, 9.17) is 4.84 Å². The number of rotatable bonds is 5. The lowest BCUT2D eigenvalue weighted by Crippen LogP contribution is -2.44. The third-order valence-electron chi connectivity index (χ3n) is 5.78. The number of benzene rings is 1. The van der Waals surface area contributed by atoms with Crippen LogP contribution in [-0.2, 0) is 19.2 Å². The van der Waals surface area contributed by atoms with E-state index in [1.54, 1.807) is 34.0 Å². The molecule has 3 heterocycles. The van der Waals surface area contributed by atoms with Gasteiger partial charge in [-0.1, -0.05) is 0 Å². The zero-order valence-electron chi connectivity index (χ0n) is 19.1. The molecule has 0 bridgehead atoms. The van der Waals surface area contributed by atoms with E-state index in [2.05, 4.69) is 15.6 Å². The minimum absolute atomic E-state index is 0.0901. The lowest BCUT2D eigenvalue weighted by Gasteiger charge is -2.17. The van der Waals surface area contributed by atoms with Crippen LogP contribution < -0.4 is 10.6 Å². The van der Waals surface area contributed by atoms with Gasteiger partial charge in [-0.15, -0.1) is 0 Å². The highest BCUT2D eigenvalue weighted by Crippen LogP contribution is 2.34. The zero-order chi connectivity index (χ0) is 24.7. The quantitative estimate of drug-likeness (QED) is 0.569. The van der Waals surface area contributed by atoms with E-state index in [9.17, 15) is 23.6 Å². The average molecular weight is 469 g/mol. The smallest absolute Gasteiger partial charge is 0.271 e. The van der Waals surface area contributed by atoms with E-state index in [0.29, 0.717) is 33.8 Å². The number of nitrogens with one attached hydrogen (secondary N) is 3. The van der Waals surface area contributed by atoms with Gasteiger partial charge in [-0.3, -0.25) is 24.0 Å². The standard InChI is InChI=1S/C23H24FN5O5/c1-11-17(8-15-14-7-13(24)5-6-16(14)26-21(15)31)25-12(2)20(11)22(32)27-18-10-34-29(23(18)33)9-19(30)28(3)4/h5-8,18,25H,9-10H2,1-4H3,(H,26,31)(H,27,32)/t18-/m1/s1. The van der Waals surface area contributed by atoms with Crippen molar-refractivity contribution in [3.63, 3.8) is 0 Å². The minimum atomic E-state index is -0.937. The number of halogens is 1. The van der Waals surface area contributed by atoms with Crippen LogP contribution in [0.1, 0.15) is 32.9 Å². The Morgan fingerprint density at radius 1 is 1.29 bits per heavy atom. The fraction of sp³-hybridized carbons (Fsp3) is 0.304. The number of hydrogen-bond donors (Lipinski definition) is 3. The van der Waals surface area contributed by atoms with Crippen molar-refractivity contribution in [2.75, 3.05) is 32.6 Å². The van der Waals surface area contributed by atoms with Crippen LogP contribution in [0.2, 0.25) is 0 Å². The third kappa shape index (κ3) is 4.17. The first-order valence-corrected chi connectivity index (χ1v) is 10.5. The van der Waals surface area contributed by atoms with Crippen LogP contribution in [0.3, 0.4) is 0 Å². The summed E-state index contributed by atoms with van der Waals surface area (Å²) in [5, 5.41) is 6.27. The molecule has 2 aliphatic rings. The van der Waals surface area contributed by atoms with E-state index < -0.39 is 23.7 Å². The molecule has 1 saturated heterocycles. The predicted molar refractivity (Wildman–Crippen MR) is 121 cm³/mol. The van der Waals surface area contributed by atoms with E-state index in [1.807, 2.05) is 0 Å². The number of carbonyl (C=O) groups is 4. The Labute approximate surface area is 194 Å². The van der Waals surface area contributed by atoms with Gasteiger partial charge < -0.3 is 20.5 Å². The molecule has 34 heavy (non-hydrogen) atoms. The molecule has 2 aliphatic heterocycles. The number of aryl methyl sites for hydroxylation is 1. The monoisotopic (exact) mass is 469 g/mol. The minimum Gasteiger partial charge on any atom is -0.358 e. The molecule has 3 N–H and O–H groups in total. The molecule has 2 aromatic rings. The number of aromatic amines is 1. The second-order valence-electron chi connectivity index (χ2n) is 8.35. The van der Waals surface area contributed by atoms with Crippen LogP contribution in [0.4, 0.5) is 10.1 Å².